The third-order valence-electron chi connectivity index (χ3n) is 4.76. The Kier molecular flexibility index (Phi) is 4.66. The normalized spacial score (nSPS) is 37.5. The molecular weight excluding hydrogens is 360 g/mol. The Hall–Kier alpha value is -0.270. The van der Waals surface area contributed by atoms with Crippen molar-refractivity contribution in [1.29, 1.82) is 0 Å². The van der Waals surface area contributed by atoms with Crippen molar-refractivity contribution in [3.8, 4) is 0 Å². The number of hydrogen-bond donors (Lipinski definition) is 3. The van der Waals surface area contributed by atoms with Crippen LogP contribution in [0.4, 0.5) is 0 Å². The van der Waals surface area contributed by atoms with Crippen molar-refractivity contribution < 1.29 is 38.9 Å². The van der Waals surface area contributed by atoms with Gasteiger partial charge in [-0.2, -0.15) is 25.3 Å². The van der Waals surface area contributed by atoms with E-state index in [0.29, 0.717) is 0 Å². The monoisotopic (exact) mass is 378 g/mol. The fourth-order valence-electron chi connectivity index (χ4n) is 3.73. The lowest BCUT2D eigenvalue weighted by Crippen LogP contribution is -2.49. The van der Waals surface area contributed by atoms with Gasteiger partial charge in [0.25, 0.3) is 30.4 Å². The summed E-state index contributed by atoms with van der Waals surface area (Å²) in [6.45, 7) is 0. The van der Waals surface area contributed by atoms with Crippen molar-refractivity contribution in [2.24, 2.45) is 11.8 Å². The Morgan fingerprint density at radius 1 is 0.636 bits per heavy atom. The molecule has 5 atom stereocenters. The highest BCUT2D eigenvalue weighted by atomic mass is 32.2. The van der Waals surface area contributed by atoms with E-state index in [-0.39, 0.29) is 25.7 Å². The Bertz CT molecular complexity index is 735. The van der Waals surface area contributed by atoms with E-state index in [9.17, 15) is 34.4 Å². The van der Waals surface area contributed by atoms with Gasteiger partial charge in [0.1, 0.15) is 0 Å². The van der Waals surface area contributed by atoms with E-state index in [0.717, 1.165) is 0 Å². The highest BCUT2D eigenvalue weighted by Gasteiger charge is 2.50. The first-order valence-corrected chi connectivity index (χ1v) is 11.2. The second-order valence-corrected chi connectivity index (χ2v) is 11.1. The van der Waals surface area contributed by atoms with Crippen LogP contribution in [0.5, 0.6) is 0 Å². The summed E-state index contributed by atoms with van der Waals surface area (Å²) >= 11 is 0. The van der Waals surface area contributed by atoms with Gasteiger partial charge in [0, 0.05) is 0 Å². The highest BCUT2D eigenvalue weighted by Crippen LogP contribution is 2.45. The van der Waals surface area contributed by atoms with Crippen LogP contribution in [0.25, 0.3) is 0 Å². The molecule has 0 aromatic carbocycles. The average Bonchev–Trinajstić information content (AvgIpc) is 2.33. The smallest absolute Gasteiger partial charge is 0.268 e. The van der Waals surface area contributed by atoms with E-state index in [1.165, 1.54) is 0 Å². The van der Waals surface area contributed by atoms with Crippen LogP contribution in [0, 0.1) is 11.8 Å². The van der Waals surface area contributed by atoms with Gasteiger partial charge >= 0.3 is 0 Å². The van der Waals surface area contributed by atoms with Gasteiger partial charge in [-0.05, 0) is 43.9 Å². The summed E-state index contributed by atoms with van der Waals surface area (Å²) in [4.78, 5) is 0. The molecule has 9 nitrogen and oxygen atoms in total. The first-order valence-electron chi connectivity index (χ1n) is 6.69. The van der Waals surface area contributed by atoms with Gasteiger partial charge in [-0.3, -0.25) is 13.7 Å². The number of fused-ring (bicyclic) bond motifs is 1. The summed E-state index contributed by atoms with van der Waals surface area (Å²) in [5, 5.41) is -3.82. The van der Waals surface area contributed by atoms with Gasteiger partial charge < -0.3 is 0 Å². The Balaban J connectivity index is 2.34. The standard InChI is InChI=1S/C10H18O9S3/c11-20(12,13)7-1-2-9-6(3-7)4-8(21(14,15)16)5-10(9)22(17,18)19/h6-10H,1-5H2,(H,11,12,13)(H,14,15,16)(H,17,18,19). The molecule has 22 heavy (non-hydrogen) atoms. The summed E-state index contributed by atoms with van der Waals surface area (Å²) in [6, 6.07) is 0. The van der Waals surface area contributed by atoms with Crippen LogP contribution in [0.3, 0.4) is 0 Å². The number of rotatable bonds is 3. The summed E-state index contributed by atoms with van der Waals surface area (Å²) in [5.41, 5.74) is 0. The lowest BCUT2D eigenvalue weighted by atomic mass is 9.70. The van der Waals surface area contributed by atoms with Crippen LogP contribution in [-0.4, -0.2) is 54.7 Å². The maximum atomic E-state index is 11.5. The fraction of sp³-hybridized carbons (Fsp3) is 1.00. The van der Waals surface area contributed by atoms with Crippen LogP contribution in [0.2, 0.25) is 0 Å². The molecule has 0 saturated heterocycles. The summed E-state index contributed by atoms with van der Waals surface area (Å²) < 4.78 is 95.7. The van der Waals surface area contributed by atoms with E-state index >= 15 is 0 Å². The molecule has 0 bridgehead atoms. The van der Waals surface area contributed by atoms with E-state index in [1.807, 2.05) is 0 Å². The molecular formula is C10H18O9S3. The molecule has 0 aromatic rings. The molecule has 5 unspecified atom stereocenters. The Labute approximate surface area is 129 Å². The van der Waals surface area contributed by atoms with Crippen molar-refractivity contribution >= 4 is 30.4 Å². The van der Waals surface area contributed by atoms with Crippen LogP contribution < -0.4 is 0 Å². The molecule has 0 radical (unpaired) electrons. The molecule has 0 aliphatic heterocycles. The largest absolute Gasteiger partial charge is 0.285 e. The lowest BCUT2D eigenvalue weighted by Gasteiger charge is -2.43. The van der Waals surface area contributed by atoms with Gasteiger partial charge in [-0.25, -0.2) is 0 Å². The van der Waals surface area contributed by atoms with E-state index in [1.54, 1.807) is 0 Å². The maximum Gasteiger partial charge on any atom is 0.268 e. The van der Waals surface area contributed by atoms with Crippen LogP contribution in [0.15, 0.2) is 0 Å². The second kappa shape index (κ2) is 5.67. The molecule has 2 fully saturated rings. The molecule has 2 aliphatic rings. The molecule has 3 N–H and O–H groups in total. The first kappa shape index (κ1) is 18.1. The van der Waals surface area contributed by atoms with Gasteiger partial charge in [0.05, 0.1) is 15.7 Å². The third-order valence-corrected chi connectivity index (χ3v) is 8.56. The average molecular weight is 378 g/mol. The van der Waals surface area contributed by atoms with E-state index in [2.05, 4.69) is 0 Å². The van der Waals surface area contributed by atoms with Crippen molar-refractivity contribution in [3.05, 3.63) is 0 Å². The van der Waals surface area contributed by atoms with Crippen LogP contribution >= 0.6 is 0 Å². The van der Waals surface area contributed by atoms with Crippen LogP contribution in [-0.2, 0) is 30.4 Å². The molecule has 0 aromatic heterocycles. The molecule has 0 heterocycles. The highest BCUT2D eigenvalue weighted by molar-refractivity contribution is 7.87. The Morgan fingerprint density at radius 2 is 1.14 bits per heavy atom. The van der Waals surface area contributed by atoms with E-state index < -0.39 is 64.4 Å². The van der Waals surface area contributed by atoms with Gasteiger partial charge in [0.2, 0.25) is 0 Å². The molecule has 130 valence electrons. The predicted octanol–water partition coefficient (Wildman–Crippen LogP) is -0.0343. The van der Waals surface area contributed by atoms with Crippen molar-refractivity contribution in [1.82, 2.24) is 0 Å². The lowest BCUT2D eigenvalue weighted by molar-refractivity contribution is 0.168. The minimum atomic E-state index is -4.53. The molecule has 2 aliphatic carbocycles. The zero-order chi connectivity index (χ0) is 16.9. The van der Waals surface area contributed by atoms with Crippen molar-refractivity contribution in [2.75, 3.05) is 0 Å². The van der Waals surface area contributed by atoms with Crippen molar-refractivity contribution in [3.63, 3.8) is 0 Å². The zero-order valence-corrected chi connectivity index (χ0v) is 13.9. The zero-order valence-electron chi connectivity index (χ0n) is 11.4. The maximum absolute atomic E-state index is 11.5. The van der Waals surface area contributed by atoms with Gasteiger partial charge in [-0.1, -0.05) is 0 Å². The molecule has 12 heteroatoms. The molecule has 0 spiro atoms. The predicted molar refractivity (Wildman–Crippen MR) is 76.1 cm³/mol. The van der Waals surface area contributed by atoms with E-state index in [4.69, 9.17) is 4.55 Å². The second-order valence-electron chi connectivity index (χ2n) is 6.04. The molecule has 2 rings (SSSR count). The van der Waals surface area contributed by atoms with Gasteiger partial charge in [0.15, 0.2) is 0 Å². The van der Waals surface area contributed by atoms with Crippen LogP contribution in [0.1, 0.15) is 32.1 Å². The molecule has 2 saturated carbocycles. The van der Waals surface area contributed by atoms with Crippen molar-refractivity contribution in [2.45, 2.75) is 47.9 Å². The first-order chi connectivity index (χ1) is 9.80. The summed E-state index contributed by atoms with van der Waals surface area (Å²) in [5.74, 6) is -1.22. The quantitative estimate of drug-likeness (QED) is 0.572. The minimum Gasteiger partial charge on any atom is -0.285 e. The Morgan fingerprint density at radius 3 is 1.59 bits per heavy atom. The molecule has 0 amide bonds. The third kappa shape index (κ3) is 3.79. The number of hydrogen-bond acceptors (Lipinski definition) is 6. The van der Waals surface area contributed by atoms with Gasteiger partial charge in [-0.15, -0.1) is 0 Å². The summed E-state index contributed by atoms with van der Waals surface area (Å²) in [6.07, 6.45) is -0.432. The summed E-state index contributed by atoms with van der Waals surface area (Å²) in [7, 11) is -13.3. The SMILES string of the molecule is O=S(=O)(O)C1CCC2C(C1)CC(S(=O)(=O)O)CC2S(=O)(=O)O. The topological polar surface area (TPSA) is 163 Å². The minimum absolute atomic E-state index is 0.0442. The fourth-order valence-corrected chi connectivity index (χ4v) is 6.99.